The van der Waals surface area contributed by atoms with Crippen molar-refractivity contribution >= 4 is 5.97 Å². The van der Waals surface area contributed by atoms with Gasteiger partial charge in [0.05, 0.1) is 6.61 Å². The van der Waals surface area contributed by atoms with Crippen molar-refractivity contribution in [3.05, 3.63) is 24.0 Å². The molecule has 18 heavy (non-hydrogen) atoms. The van der Waals surface area contributed by atoms with Gasteiger partial charge in [-0.15, -0.1) is 0 Å². The second kappa shape index (κ2) is 8.50. The molecule has 0 aliphatic heterocycles. The third kappa shape index (κ3) is 5.66. The van der Waals surface area contributed by atoms with Crippen LogP contribution in [-0.2, 0) is 0 Å². The van der Waals surface area contributed by atoms with Crippen molar-refractivity contribution in [2.24, 2.45) is 0 Å². The van der Waals surface area contributed by atoms with E-state index in [4.69, 9.17) is 9.84 Å². The minimum atomic E-state index is -1.03. The predicted octanol–water partition coefficient (Wildman–Crippen LogP) is 3.52. The van der Waals surface area contributed by atoms with E-state index in [0.29, 0.717) is 12.4 Å². The number of carboxylic acids is 1. The lowest BCUT2D eigenvalue weighted by Crippen LogP contribution is -2.02. The van der Waals surface area contributed by atoms with Crippen LogP contribution in [0.1, 0.15) is 55.9 Å². The zero-order valence-electron chi connectivity index (χ0n) is 10.9. The molecule has 4 nitrogen and oxygen atoms in total. The lowest BCUT2D eigenvalue weighted by molar-refractivity contribution is 0.0690. The quantitative estimate of drug-likeness (QED) is 0.682. The predicted molar refractivity (Wildman–Crippen MR) is 70.1 cm³/mol. The number of aromatic carboxylic acids is 1. The summed E-state index contributed by atoms with van der Waals surface area (Å²) in [7, 11) is 0. The lowest BCUT2D eigenvalue weighted by Gasteiger charge is -2.06. The van der Waals surface area contributed by atoms with E-state index in [-0.39, 0.29) is 5.69 Å². The third-order valence-electron chi connectivity index (χ3n) is 2.72. The number of ether oxygens (including phenoxy) is 1. The molecular weight excluding hydrogens is 230 g/mol. The van der Waals surface area contributed by atoms with Crippen LogP contribution >= 0.6 is 0 Å². The maximum Gasteiger partial charge on any atom is 0.354 e. The van der Waals surface area contributed by atoms with Crippen molar-refractivity contribution in [3.63, 3.8) is 0 Å². The first kappa shape index (κ1) is 14.5. The third-order valence-corrected chi connectivity index (χ3v) is 2.72. The Kier molecular flexibility index (Phi) is 6.84. The lowest BCUT2D eigenvalue weighted by atomic mass is 10.1. The van der Waals surface area contributed by atoms with Crippen LogP contribution in [0.4, 0.5) is 0 Å². The second-order valence-electron chi connectivity index (χ2n) is 4.30. The number of rotatable bonds is 9. The Morgan fingerprint density at radius 3 is 2.72 bits per heavy atom. The number of pyridine rings is 1. The highest BCUT2D eigenvalue weighted by Crippen LogP contribution is 2.12. The summed E-state index contributed by atoms with van der Waals surface area (Å²) >= 11 is 0. The molecule has 0 bridgehead atoms. The van der Waals surface area contributed by atoms with E-state index in [1.807, 2.05) is 0 Å². The number of hydrogen-bond donors (Lipinski definition) is 1. The summed E-state index contributed by atoms with van der Waals surface area (Å²) in [6, 6.07) is 3.14. The van der Waals surface area contributed by atoms with E-state index < -0.39 is 5.97 Å². The van der Waals surface area contributed by atoms with Crippen molar-refractivity contribution < 1.29 is 14.6 Å². The summed E-state index contributed by atoms with van der Waals surface area (Å²) in [6.07, 6.45) is 8.72. The maximum absolute atomic E-state index is 10.7. The summed E-state index contributed by atoms with van der Waals surface area (Å²) in [4.78, 5) is 14.4. The Morgan fingerprint density at radius 1 is 1.28 bits per heavy atom. The van der Waals surface area contributed by atoms with Gasteiger partial charge < -0.3 is 9.84 Å². The molecule has 0 aromatic carbocycles. The summed E-state index contributed by atoms with van der Waals surface area (Å²) in [5.74, 6) is -0.448. The molecule has 0 amide bonds. The molecule has 1 aromatic rings. The topological polar surface area (TPSA) is 59.4 Å². The van der Waals surface area contributed by atoms with Crippen molar-refractivity contribution in [1.29, 1.82) is 0 Å². The molecule has 0 unspecified atom stereocenters. The molecular formula is C14H21NO3. The summed E-state index contributed by atoms with van der Waals surface area (Å²) < 4.78 is 5.50. The molecule has 1 aromatic heterocycles. The Labute approximate surface area is 108 Å². The highest BCUT2D eigenvalue weighted by Gasteiger charge is 2.05. The van der Waals surface area contributed by atoms with Crippen LogP contribution in [0.2, 0.25) is 0 Å². The highest BCUT2D eigenvalue weighted by atomic mass is 16.5. The van der Waals surface area contributed by atoms with Gasteiger partial charge in [-0.05, 0) is 12.5 Å². The van der Waals surface area contributed by atoms with Gasteiger partial charge in [-0.1, -0.05) is 39.0 Å². The summed E-state index contributed by atoms with van der Waals surface area (Å²) in [6.45, 7) is 2.84. The van der Waals surface area contributed by atoms with Gasteiger partial charge >= 0.3 is 5.97 Å². The molecule has 0 saturated heterocycles. The molecule has 0 aliphatic carbocycles. The first-order valence-electron chi connectivity index (χ1n) is 6.56. The van der Waals surface area contributed by atoms with Crippen LogP contribution in [0.5, 0.6) is 5.75 Å². The first-order chi connectivity index (χ1) is 8.74. The number of unbranched alkanes of at least 4 members (excludes halogenated alkanes) is 5. The fourth-order valence-corrected chi connectivity index (χ4v) is 1.69. The van der Waals surface area contributed by atoms with Crippen molar-refractivity contribution in [2.75, 3.05) is 6.61 Å². The number of carbonyl (C=O) groups is 1. The van der Waals surface area contributed by atoms with Gasteiger partial charge in [-0.2, -0.15) is 0 Å². The molecule has 0 aliphatic rings. The molecule has 1 heterocycles. The standard InChI is InChI=1S/C14H21NO3/c1-2-3-4-5-6-7-10-18-12-8-9-15-13(11-12)14(16)17/h8-9,11H,2-7,10H2,1H3,(H,16,17). The average Bonchev–Trinajstić information content (AvgIpc) is 2.38. The molecule has 1 rings (SSSR count). The van der Waals surface area contributed by atoms with Gasteiger partial charge in [0, 0.05) is 12.3 Å². The normalized spacial score (nSPS) is 10.3. The van der Waals surface area contributed by atoms with Gasteiger partial charge in [-0.3, -0.25) is 0 Å². The number of carboxylic acid groups (broad SMARTS) is 1. The van der Waals surface area contributed by atoms with E-state index in [9.17, 15) is 4.79 Å². The van der Waals surface area contributed by atoms with E-state index in [1.165, 1.54) is 37.9 Å². The van der Waals surface area contributed by atoms with Crippen LogP contribution in [0, 0.1) is 0 Å². The van der Waals surface area contributed by atoms with Crippen LogP contribution in [0.15, 0.2) is 18.3 Å². The van der Waals surface area contributed by atoms with Gasteiger partial charge in [0.15, 0.2) is 5.69 Å². The van der Waals surface area contributed by atoms with E-state index in [0.717, 1.165) is 12.8 Å². The van der Waals surface area contributed by atoms with E-state index >= 15 is 0 Å². The zero-order chi connectivity index (χ0) is 13.2. The fraction of sp³-hybridized carbons (Fsp3) is 0.571. The maximum atomic E-state index is 10.7. The Balaban J connectivity index is 2.19. The van der Waals surface area contributed by atoms with Gasteiger partial charge in [-0.25, -0.2) is 9.78 Å². The molecule has 0 atom stereocenters. The van der Waals surface area contributed by atoms with Crippen LogP contribution in [-0.4, -0.2) is 22.7 Å². The average molecular weight is 251 g/mol. The Hall–Kier alpha value is -1.58. The van der Waals surface area contributed by atoms with Crippen molar-refractivity contribution in [1.82, 2.24) is 4.98 Å². The van der Waals surface area contributed by atoms with Crippen LogP contribution in [0.3, 0.4) is 0 Å². The minimum Gasteiger partial charge on any atom is -0.493 e. The zero-order valence-corrected chi connectivity index (χ0v) is 10.9. The van der Waals surface area contributed by atoms with Crippen molar-refractivity contribution in [2.45, 2.75) is 45.4 Å². The van der Waals surface area contributed by atoms with Crippen molar-refractivity contribution in [3.8, 4) is 5.75 Å². The molecule has 0 fully saturated rings. The molecule has 4 heteroatoms. The number of nitrogens with zero attached hydrogens (tertiary/aromatic N) is 1. The summed E-state index contributed by atoms with van der Waals surface area (Å²) in [5.41, 5.74) is 0.0236. The van der Waals surface area contributed by atoms with Crippen LogP contribution < -0.4 is 4.74 Å². The molecule has 1 N–H and O–H groups in total. The van der Waals surface area contributed by atoms with E-state index in [2.05, 4.69) is 11.9 Å². The second-order valence-corrected chi connectivity index (χ2v) is 4.30. The largest absolute Gasteiger partial charge is 0.493 e. The van der Waals surface area contributed by atoms with Gasteiger partial charge in [0.2, 0.25) is 0 Å². The number of aromatic nitrogens is 1. The van der Waals surface area contributed by atoms with Gasteiger partial charge in [0.1, 0.15) is 5.75 Å². The molecule has 0 radical (unpaired) electrons. The SMILES string of the molecule is CCCCCCCCOc1ccnc(C(=O)O)c1. The minimum absolute atomic E-state index is 0.0236. The Morgan fingerprint density at radius 2 is 2.00 bits per heavy atom. The summed E-state index contributed by atoms with van der Waals surface area (Å²) in [5, 5.41) is 8.78. The molecule has 0 spiro atoms. The highest BCUT2D eigenvalue weighted by molar-refractivity contribution is 5.85. The smallest absolute Gasteiger partial charge is 0.354 e. The first-order valence-corrected chi connectivity index (χ1v) is 6.56. The Bertz CT molecular complexity index is 366. The van der Waals surface area contributed by atoms with Gasteiger partial charge in [0.25, 0.3) is 0 Å². The molecule has 100 valence electrons. The van der Waals surface area contributed by atoms with Crippen LogP contribution in [0.25, 0.3) is 0 Å². The number of hydrogen-bond acceptors (Lipinski definition) is 3. The molecule has 0 saturated carbocycles. The van der Waals surface area contributed by atoms with E-state index in [1.54, 1.807) is 6.07 Å². The monoisotopic (exact) mass is 251 g/mol. The fourth-order valence-electron chi connectivity index (χ4n) is 1.69.